The van der Waals surface area contributed by atoms with Crippen LogP contribution in [-0.2, 0) is 19.6 Å². The van der Waals surface area contributed by atoms with E-state index in [9.17, 15) is 0 Å². The number of hydrogen-bond acceptors (Lipinski definition) is 3. The van der Waals surface area contributed by atoms with E-state index in [1.165, 1.54) is 30.6 Å². The summed E-state index contributed by atoms with van der Waals surface area (Å²) >= 11 is 6.72. The van der Waals surface area contributed by atoms with Crippen LogP contribution < -0.4 is 0 Å². The molecular weight excluding hydrogens is 392 g/mol. The largest absolute Gasteiger partial charge is 0.302 e. The minimum absolute atomic E-state index is 0.706. The first kappa shape index (κ1) is 21.1. The Kier molecular flexibility index (Phi) is 6.88. The van der Waals surface area contributed by atoms with Gasteiger partial charge in [0.2, 0.25) is 0 Å². The van der Waals surface area contributed by atoms with Crippen LogP contribution in [0.4, 0.5) is 0 Å². The Bertz CT molecular complexity index is 939. The summed E-state index contributed by atoms with van der Waals surface area (Å²) in [5, 5.41) is 5.46. The number of rotatable bonds is 8. The lowest BCUT2D eigenvalue weighted by Gasteiger charge is -2.21. The Labute approximate surface area is 185 Å². The van der Waals surface area contributed by atoms with Crippen LogP contribution in [0.1, 0.15) is 28.8 Å². The first-order valence-electron chi connectivity index (χ1n) is 10.8. The van der Waals surface area contributed by atoms with Gasteiger partial charge in [-0.25, -0.2) is 4.68 Å². The van der Waals surface area contributed by atoms with Crippen molar-refractivity contribution in [1.29, 1.82) is 0 Å². The molecule has 2 heterocycles. The number of nitrogens with zero attached hydrogens (tertiary/aromatic N) is 4. The molecule has 0 bridgehead atoms. The highest BCUT2D eigenvalue weighted by Crippen LogP contribution is 2.24. The van der Waals surface area contributed by atoms with Gasteiger partial charge in [-0.1, -0.05) is 72.3 Å². The van der Waals surface area contributed by atoms with Gasteiger partial charge in [-0.15, -0.1) is 0 Å². The average molecular weight is 423 g/mol. The normalized spacial score (nSPS) is 17.1. The molecule has 0 aliphatic carbocycles. The number of hydrogen-bond donors (Lipinski definition) is 0. The van der Waals surface area contributed by atoms with Gasteiger partial charge in [-0.05, 0) is 44.0 Å². The molecule has 0 amide bonds. The molecule has 0 N–H and O–H groups in total. The molecule has 30 heavy (non-hydrogen) atoms. The molecule has 1 saturated heterocycles. The number of likely N-dealkylation sites (tertiary alicyclic amines) is 1. The van der Waals surface area contributed by atoms with E-state index in [1.54, 1.807) is 0 Å². The fourth-order valence-corrected chi connectivity index (χ4v) is 4.75. The van der Waals surface area contributed by atoms with Crippen molar-refractivity contribution in [2.24, 2.45) is 5.92 Å². The summed E-state index contributed by atoms with van der Waals surface area (Å²) in [6.07, 6.45) is 1.26. The lowest BCUT2D eigenvalue weighted by molar-refractivity contribution is 0.254. The predicted molar refractivity (Wildman–Crippen MR) is 124 cm³/mol. The van der Waals surface area contributed by atoms with E-state index >= 15 is 0 Å². The lowest BCUT2D eigenvalue weighted by atomic mass is 10.1. The number of halogens is 1. The molecule has 158 valence electrons. The maximum atomic E-state index is 6.72. The van der Waals surface area contributed by atoms with Crippen molar-refractivity contribution in [2.75, 3.05) is 26.7 Å². The summed E-state index contributed by atoms with van der Waals surface area (Å²) in [6, 6.07) is 21.1. The Morgan fingerprint density at radius 1 is 1.00 bits per heavy atom. The second-order valence-corrected chi connectivity index (χ2v) is 8.93. The number of aromatic nitrogens is 2. The zero-order valence-corrected chi connectivity index (χ0v) is 18.7. The van der Waals surface area contributed by atoms with Gasteiger partial charge in [0.15, 0.2) is 0 Å². The van der Waals surface area contributed by atoms with Crippen molar-refractivity contribution in [3.05, 3.63) is 88.2 Å². The minimum atomic E-state index is 0.706. The summed E-state index contributed by atoms with van der Waals surface area (Å²) in [6.45, 7) is 8.11. The Morgan fingerprint density at radius 2 is 1.63 bits per heavy atom. The molecule has 4 nitrogen and oxygen atoms in total. The molecule has 0 radical (unpaired) electrons. The van der Waals surface area contributed by atoms with E-state index in [4.69, 9.17) is 16.7 Å². The first-order valence-corrected chi connectivity index (χ1v) is 11.2. The second kappa shape index (κ2) is 9.78. The molecular formula is C25H31ClN4. The van der Waals surface area contributed by atoms with Crippen molar-refractivity contribution in [3.8, 4) is 0 Å². The van der Waals surface area contributed by atoms with Gasteiger partial charge in [0, 0.05) is 31.7 Å². The maximum absolute atomic E-state index is 6.72. The van der Waals surface area contributed by atoms with Crippen LogP contribution in [0, 0.1) is 12.8 Å². The van der Waals surface area contributed by atoms with Gasteiger partial charge in [0.05, 0.1) is 12.2 Å². The Balaban J connectivity index is 1.31. The van der Waals surface area contributed by atoms with Crippen LogP contribution in [-0.4, -0.2) is 46.3 Å². The molecule has 0 spiro atoms. The zero-order valence-electron chi connectivity index (χ0n) is 18.0. The van der Waals surface area contributed by atoms with Crippen molar-refractivity contribution < 1.29 is 0 Å². The van der Waals surface area contributed by atoms with Crippen LogP contribution in [0.5, 0.6) is 0 Å². The molecule has 2 aromatic carbocycles. The molecule has 1 aliphatic heterocycles. The van der Waals surface area contributed by atoms with Crippen LogP contribution in [0.3, 0.4) is 0 Å². The molecule has 1 fully saturated rings. The van der Waals surface area contributed by atoms with Crippen molar-refractivity contribution >= 4 is 11.6 Å². The molecule has 4 rings (SSSR count). The highest BCUT2D eigenvalue weighted by molar-refractivity contribution is 6.30. The van der Waals surface area contributed by atoms with E-state index in [-0.39, 0.29) is 0 Å². The smallest absolute Gasteiger partial charge is 0.132 e. The van der Waals surface area contributed by atoms with Crippen LogP contribution >= 0.6 is 11.6 Å². The fourth-order valence-electron chi connectivity index (χ4n) is 4.45. The van der Waals surface area contributed by atoms with E-state index in [0.717, 1.165) is 36.0 Å². The minimum Gasteiger partial charge on any atom is -0.302 e. The summed E-state index contributed by atoms with van der Waals surface area (Å²) in [7, 11) is 2.20. The van der Waals surface area contributed by atoms with Crippen LogP contribution in [0.15, 0.2) is 60.7 Å². The van der Waals surface area contributed by atoms with Gasteiger partial charge in [0.25, 0.3) is 0 Å². The fraction of sp³-hybridized carbons (Fsp3) is 0.400. The van der Waals surface area contributed by atoms with Gasteiger partial charge in [0.1, 0.15) is 5.15 Å². The zero-order chi connectivity index (χ0) is 20.9. The third-order valence-electron chi connectivity index (χ3n) is 5.98. The van der Waals surface area contributed by atoms with Gasteiger partial charge in [-0.3, -0.25) is 4.90 Å². The highest BCUT2D eigenvalue weighted by atomic mass is 35.5. The van der Waals surface area contributed by atoms with Crippen LogP contribution in [0.25, 0.3) is 0 Å². The number of benzene rings is 2. The molecule has 5 heteroatoms. The first-order chi connectivity index (χ1) is 14.6. The van der Waals surface area contributed by atoms with E-state index in [2.05, 4.69) is 78.4 Å². The van der Waals surface area contributed by atoms with E-state index in [0.29, 0.717) is 12.5 Å². The summed E-state index contributed by atoms with van der Waals surface area (Å²) < 4.78 is 1.92. The maximum Gasteiger partial charge on any atom is 0.132 e. The summed E-state index contributed by atoms with van der Waals surface area (Å²) in [5.41, 5.74) is 4.79. The van der Waals surface area contributed by atoms with Gasteiger partial charge in [-0.2, -0.15) is 5.10 Å². The number of aryl methyl sites for hydroxylation is 1. The predicted octanol–water partition coefficient (Wildman–Crippen LogP) is 4.85. The third kappa shape index (κ3) is 5.31. The molecule has 1 aromatic heterocycles. The third-order valence-corrected chi connectivity index (χ3v) is 6.40. The topological polar surface area (TPSA) is 24.3 Å². The molecule has 3 aromatic rings. The monoisotopic (exact) mass is 422 g/mol. The Morgan fingerprint density at radius 3 is 2.30 bits per heavy atom. The molecule has 0 saturated carbocycles. The molecule has 1 atom stereocenters. The average Bonchev–Trinajstić information content (AvgIpc) is 3.28. The SMILES string of the molecule is Cc1nn(Cc2ccccc2)c(Cl)c1CN(C)C[C@@H]1CCN(Cc2ccccc2)C1. The van der Waals surface area contributed by atoms with E-state index in [1.807, 2.05) is 10.7 Å². The van der Waals surface area contributed by atoms with Crippen LogP contribution in [0.2, 0.25) is 5.15 Å². The summed E-state index contributed by atoms with van der Waals surface area (Å²) in [4.78, 5) is 4.98. The van der Waals surface area contributed by atoms with E-state index < -0.39 is 0 Å². The van der Waals surface area contributed by atoms with Crippen molar-refractivity contribution in [2.45, 2.75) is 33.0 Å². The van der Waals surface area contributed by atoms with Gasteiger partial charge < -0.3 is 4.90 Å². The van der Waals surface area contributed by atoms with Crippen molar-refractivity contribution in [3.63, 3.8) is 0 Å². The van der Waals surface area contributed by atoms with Gasteiger partial charge >= 0.3 is 0 Å². The van der Waals surface area contributed by atoms with Crippen molar-refractivity contribution in [1.82, 2.24) is 19.6 Å². The molecule has 0 unspecified atom stereocenters. The highest BCUT2D eigenvalue weighted by Gasteiger charge is 2.24. The standard InChI is InChI=1S/C25H31ClN4/c1-20-24(25(26)30(27-20)18-22-11-7-4-8-12-22)19-28(2)15-23-13-14-29(17-23)16-21-9-5-3-6-10-21/h3-12,23H,13-19H2,1-2H3/t23-/m0/s1. The lowest BCUT2D eigenvalue weighted by Crippen LogP contribution is -2.28. The Hall–Kier alpha value is -2.14. The summed E-state index contributed by atoms with van der Waals surface area (Å²) in [5.74, 6) is 0.706. The quantitative estimate of drug-likeness (QED) is 0.518. The second-order valence-electron chi connectivity index (χ2n) is 8.57. The molecule has 1 aliphatic rings.